The maximum absolute atomic E-state index is 12.3. The lowest BCUT2D eigenvalue weighted by atomic mass is 9.98. The third kappa shape index (κ3) is 3.63. The smallest absolute Gasteiger partial charge is 0.258 e. The van der Waals surface area contributed by atoms with Crippen LogP contribution in [0.15, 0.2) is 29.1 Å². The predicted octanol–water partition coefficient (Wildman–Crippen LogP) is 3.68. The third-order valence-electron chi connectivity index (χ3n) is 6.04. The molecule has 2 aromatic heterocycles. The maximum atomic E-state index is 12.3. The average molecular weight is 395 g/mol. The zero-order chi connectivity index (χ0) is 18.9. The molecule has 2 aliphatic rings. The van der Waals surface area contributed by atoms with Gasteiger partial charge < -0.3 is 9.88 Å². The van der Waals surface area contributed by atoms with Gasteiger partial charge in [-0.05, 0) is 57.2 Å². The number of hydrogen-bond acceptors (Lipinski definition) is 5. The Morgan fingerprint density at radius 2 is 2.04 bits per heavy atom. The zero-order valence-corrected chi connectivity index (χ0v) is 16.9. The molecule has 0 spiro atoms. The second-order valence-corrected chi connectivity index (χ2v) is 9.16. The number of aromatic amines is 1. The molecular formula is C22H26N4OS. The number of aryl methyl sites for hydroxylation is 2. The van der Waals surface area contributed by atoms with E-state index < -0.39 is 0 Å². The van der Waals surface area contributed by atoms with Gasteiger partial charge in [0.05, 0.1) is 21.6 Å². The Balaban J connectivity index is 1.26. The van der Waals surface area contributed by atoms with Crippen molar-refractivity contribution in [1.29, 1.82) is 0 Å². The molecule has 1 saturated heterocycles. The highest BCUT2D eigenvalue weighted by Crippen LogP contribution is 2.34. The van der Waals surface area contributed by atoms with Gasteiger partial charge in [-0.15, -0.1) is 11.3 Å². The molecule has 5 rings (SSSR count). The standard InChI is InChI=1S/C22H26N4OS/c27-21-16-7-1-2-8-17(16)23-20(25-21)11-13-26-12-5-6-15(14-26)22-24-18-9-3-4-10-19(18)28-22/h1-2,7-8,15H,3-6,9-14H2,(H,23,25,27). The van der Waals surface area contributed by atoms with E-state index in [1.807, 2.05) is 35.6 Å². The second kappa shape index (κ2) is 7.76. The normalized spacial score (nSPS) is 20.4. The molecule has 1 fully saturated rings. The fourth-order valence-electron chi connectivity index (χ4n) is 4.52. The van der Waals surface area contributed by atoms with Gasteiger partial charge in [0.25, 0.3) is 5.56 Å². The summed E-state index contributed by atoms with van der Waals surface area (Å²) in [6, 6.07) is 7.55. The van der Waals surface area contributed by atoms with Crippen molar-refractivity contribution in [2.45, 2.75) is 50.9 Å². The van der Waals surface area contributed by atoms with Crippen molar-refractivity contribution in [2.75, 3.05) is 19.6 Å². The summed E-state index contributed by atoms with van der Waals surface area (Å²) < 4.78 is 0. The molecule has 1 aliphatic heterocycles. The van der Waals surface area contributed by atoms with E-state index in [-0.39, 0.29) is 5.56 Å². The monoisotopic (exact) mass is 394 g/mol. The van der Waals surface area contributed by atoms with Gasteiger partial charge in [-0.25, -0.2) is 9.97 Å². The number of fused-ring (bicyclic) bond motifs is 2. The van der Waals surface area contributed by atoms with Gasteiger partial charge in [0.15, 0.2) is 0 Å². The van der Waals surface area contributed by atoms with E-state index >= 15 is 0 Å². The Hall–Kier alpha value is -2.05. The number of para-hydroxylation sites is 1. The molecule has 5 nitrogen and oxygen atoms in total. The molecular weight excluding hydrogens is 368 g/mol. The average Bonchev–Trinajstić information content (AvgIpc) is 3.17. The number of aromatic nitrogens is 3. The lowest BCUT2D eigenvalue weighted by Crippen LogP contribution is -2.36. The van der Waals surface area contributed by atoms with Crippen LogP contribution < -0.4 is 5.56 Å². The predicted molar refractivity (Wildman–Crippen MR) is 113 cm³/mol. The van der Waals surface area contributed by atoms with Gasteiger partial charge in [-0.1, -0.05) is 12.1 Å². The van der Waals surface area contributed by atoms with Crippen LogP contribution in [0.25, 0.3) is 10.9 Å². The molecule has 0 amide bonds. The highest BCUT2D eigenvalue weighted by atomic mass is 32.1. The van der Waals surface area contributed by atoms with Gasteiger partial charge in [0.1, 0.15) is 5.82 Å². The highest BCUT2D eigenvalue weighted by Gasteiger charge is 2.26. The molecule has 146 valence electrons. The summed E-state index contributed by atoms with van der Waals surface area (Å²) in [6.07, 6.45) is 8.26. The van der Waals surface area contributed by atoms with Gasteiger partial charge in [0.2, 0.25) is 0 Å². The van der Waals surface area contributed by atoms with E-state index in [0.717, 1.165) is 37.4 Å². The van der Waals surface area contributed by atoms with E-state index in [4.69, 9.17) is 4.98 Å². The Morgan fingerprint density at radius 3 is 2.96 bits per heavy atom. The maximum Gasteiger partial charge on any atom is 0.258 e. The van der Waals surface area contributed by atoms with Crippen molar-refractivity contribution >= 4 is 22.2 Å². The summed E-state index contributed by atoms with van der Waals surface area (Å²) >= 11 is 1.96. The first-order valence-corrected chi connectivity index (χ1v) is 11.3. The Morgan fingerprint density at radius 1 is 1.14 bits per heavy atom. The van der Waals surface area contributed by atoms with Crippen LogP contribution >= 0.6 is 11.3 Å². The lowest BCUT2D eigenvalue weighted by Gasteiger charge is -2.31. The largest absolute Gasteiger partial charge is 0.310 e. The van der Waals surface area contributed by atoms with E-state index in [1.54, 1.807) is 0 Å². The quantitative estimate of drug-likeness (QED) is 0.733. The number of piperidine rings is 1. The molecule has 1 aromatic carbocycles. The molecule has 3 aromatic rings. The first kappa shape index (κ1) is 18.0. The first-order valence-electron chi connectivity index (χ1n) is 10.4. The van der Waals surface area contributed by atoms with Crippen LogP contribution in [0.1, 0.15) is 53.0 Å². The molecule has 1 unspecified atom stereocenters. The van der Waals surface area contributed by atoms with Crippen LogP contribution in [-0.2, 0) is 19.3 Å². The number of nitrogens with one attached hydrogen (secondary N) is 1. The topological polar surface area (TPSA) is 61.9 Å². The van der Waals surface area contributed by atoms with Gasteiger partial charge in [0, 0.05) is 30.3 Å². The Labute approximate surface area is 168 Å². The van der Waals surface area contributed by atoms with E-state index in [9.17, 15) is 4.79 Å². The van der Waals surface area contributed by atoms with Crippen LogP contribution in [0.2, 0.25) is 0 Å². The van der Waals surface area contributed by atoms with Crippen LogP contribution in [0.5, 0.6) is 0 Å². The van der Waals surface area contributed by atoms with E-state index in [0.29, 0.717) is 11.3 Å². The minimum absolute atomic E-state index is 0.0366. The molecule has 0 radical (unpaired) electrons. The number of thiazole rings is 1. The molecule has 0 bridgehead atoms. The number of H-pyrrole nitrogens is 1. The molecule has 3 heterocycles. The van der Waals surface area contributed by atoms with Gasteiger partial charge in [-0.3, -0.25) is 4.79 Å². The van der Waals surface area contributed by atoms with E-state index in [2.05, 4.69) is 14.9 Å². The molecule has 6 heteroatoms. The molecule has 0 saturated carbocycles. The summed E-state index contributed by atoms with van der Waals surface area (Å²) in [6.45, 7) is 3.13. The van der Waals surface area contributed by atoms with Crippen molar-refractivity contribution in [2.24, 2.45) is 0 Å². The fourth-order valence-corrected chi connectivity index (χ4v) is 5.80. The van der Waals surface area contributed by atoms with Gasteiger partial charge >= 0.3 is 0 Å². The molecule has 1 atom stereocenters. The van der Waals surface area contributed by atoms with Crippen molar-refractivity contribution in [3.8, 4) is 0 Å². The minimum atomic E-state index is -0.0366. The second-order valence-electron chi connectivity index (χ2n) is 8.05. The SMILES string of the molecule is O=c1[nH]c(CCN2CCCC(c3nc4c(s3)CCCC4)C2)nc2ccccc12. The number of benzene rings is 1. The lowest BCUT2D eigenvalue weighted by molar-refractivity contribution is 0.209. The third-order valence-corrected chi connectivity index (χ3v) is 7.36. The molecule has 28 heavy (non-hydrogen) atoms. The summed E-state index contributed by atoms with van der Waals surface area (Å²) in [7, 11) is 0. The number of hydrogen-bond donors (Lipinski definition) is 1. The summed E-state index contributed by atoms with van der Waals surface area (Å²) in [5.74, 6) is 1.35. The zero-order valence-electron chi connectivity index (χ0n) is 16.1. The number of rotatable bonds is 4. The number of nitrogens with zero attached hydrogens (tertiary/aromatic N) is 3. The fraction of sp³-hybridized carbons (Fsp3) is 0.500. The van der Waals surface area contributed by atoms with Crippen molar-refractivity contribution in [3.05, 3.63) is 56.0 Å². The summed E-state index contributed by atoms with van der Waals surface area (Å²) in [4.78, 5) is 28.9. The van der Waals surface area contributed by atoms with Crippen molar-refractivity contribution in [1.82, 2.24) is 19.9 Å². The van der Waals surface area contributed by atoms with Crippen LogP contribution in [0, 0.1) is 0 Å². The Kier molecular flexibility index (Phi) is 4.99. The summed E-state index contributed by atoms with van der Waals surface area (Å²) in [5.41, 5.74) is 2.12. The molecule has 1 aliphatic carbocycles. The van der Waals surface area contributed by atoms with Crippen LogP contribution in [0.3, 0.4) is 0 Å². The van der Waals surface area contributed by atoms with Crippen LogP contribution in [0.4, 0.5) is 0 Å². The Bertz CT molecular complexity index is 1020. The van der Waals surface area contributed by atoms with Crippen LogP contribution in [-0.4, -0.2) is 39.5 Å². The van der Waals surface area contributed by atoms with Crippen molar-refractivity contribution < 1.29 is 0 Å². The minimum Gasteiger partial charge on any atom is -0.310 e. The highest BCUT2D eigenvalue weighted by molar-refractivity contribution is 7.11. The molecule has 1 N–H and O–H groups in total. The first-order chi connectivity index (χ1) is 13.8. The summed E-state index contributed by atoms with van der Waals surface area (Å²) in [5, 5.41) is 2.02. The number of likely N-dealkylation sites (tertiary alicyclic amines) is 1. The van der Waals surface area contributed by atoms with Gasteiger partial charge in [-0.2, -0.15) is 0 Å². The van der Waals surface area contributed by atoms with E-state index in [1.165, 1.54) is 54.1 Å². The van der Waals surface area contributed by atoms with Crippen molar-refractivity contribution in [3.63, 3.8) is 0 Å².